The molecule has 1 N–H and O–H groups in total. The van der Waals surface area contributed by atoms with E-state index >= 15 is 0 Å². The number of nitrogens with zero attached hydrogens (tertiary/aromatic N) is 1. The van der Waals surface area contributed by atoms with Gasteiger partial charge in [-0.05, 0) is 43.2 Å². The lowest BCUT2D eigenvalue weighted by molar-refractivity contribution is -0.115. The highest BCUT2D eigenvalue weighted by atomic mass is 32.2. The molecule has 1 amide bonds. The van der Waals surface area contributed by atoms with E-state index in [4.69, 9.17) is 5.26 Å². The Kier molecular flexibility index (Phi) is 5.62. The van der Waals surface area contributed by atoms with Crippen molar-refractivity contribution < 1.29 is 4.79 Å². The Morgan fingerprint density at radius 2 is 2.05 bits per heavy atom. The van der Waals surface area contributed by atoms with Crippen molar-refractivity contribution in [3.8, 4) is 6.07 Å². The number of carbonyl (C=O) groups excluding carboxylic acids is 1. The summed E-state index contributed by atoms with van der Waals surface area (Å²) in [7, 11) is 0. The summed E-state index contributed by atoms with van der Waals surface area (Å²) >= 11 is 1.60. The predicted molar refractivity (Wildman–Crippen MR) is 91.7 cm³/mol. The third-order valence-electron chi connectivity index (χ3n) is 3.38. The van der Waals surface area contributed by atoms with Gasteiger partial charge in [0.25, 0.3) is 0 Å². The highest BCUT2D eigenvalue weighted by molar-refractivity contribution is 7.99. The standard InChI is InChI=1S/C18H18N2OS/c1-13-6-3-4-8-16(13)12-22-14(2)18(21)20-17-9-5-7-15(10-17)11-19/h3-10,14H,12H2,1-2H3,(H,20,21). The summed E-state index contributed by atoms with van der Waals surface area (Å²) < 4.78 is 0. The molecule has 3 nitrogen and oxygen atoms in total. The minimum Gasteiger partial charge on any atom is -0.325 e. The lowest BCUT2D eigenvalue weighted by Crippen LogP contribution is -2.22. The van der Waals surface area contributed by atoms with Gasteiger partial charge in [-0.1, -0.05) is 30.3 Å². The maximum atomic E-state index is 12.2. The van der Waals surface area contributed by atoms with Gasteiger partial charge in [-0.25, -0.2) is 0 Å². The van der Waals surface area contributed by atoms with Crippen LogP contribution in [0.15, 0.2) is 48.5 Å². The van der Waals surface area contributed by atoms with Crippen LogP contribution in [0.25, 0.3) is 0 Å². The van der Waals surface area contributed by atoms with Crippen molar-refractivity contribution in [3.05, 3.63) is 65.2 Å². The van der Waals surface area contributed by atoms with Gasteiger partial charge in [0, 0.05) is 11.4 Å². The van der Waals surface area contributed by atoms with Crippen LogP contribution < -0.4 is 5.32 Å². The first-order valence-electron chi connectivity index (χ1n) is 7.07. The van der Waals surface area contributed by atoms with E-state index in [-0.39, 0.29) is 11.2 Å². The van der Waals surface area contributed by atoms with E-state index in [0.717, 1.165) is 5.75 Å². The van der Waals surface area contributed by atoms with E-state index in [0.29, 0.717) is 11.3 Å². The van der Waals surface area contributed by atoms with Crippen LogP contribution in [0.3, 0.4) is 0 Å². The van der Waals surface area contributed by atoms with Gasteiger partial charge in [0.05, 0.1) is 16.9 Å². The van der Waals surface area contributed by atoms with Crippen LogP contribution in [0, 0.1) is 18.3 Å². The molecule has 0 radical (unpaired) electrons. The number of aryl methyl sites for hydroxylation is 1. The molecule has 0 saturated heterocycles. The Bertz CT molecular complexity index is 706. The topological polar surface area (TPSA) is 52.9 Å². The Hall–Kier alpha value is -2.25. The second-order valence-electron chi connectivity index (χ2n) is 5.06. The number of anilines is 1. The molecule has 2 aromatic carbocycles. The maximum absolute atomic E-state index is 12.2. The molecule has 0 aromatic heterocycles. The molecule has 112 valence electrons. The first kappa shape index (κ1) is 16.1. The first-order valence-corrected chi connectivity index (χ1v) is 8.12. The van der Waals surface area contributed by atoms with Gasteiger partial charge in [0.2, 0.25) is 5.91 Å². The molecule has 1 atom stereocenters. The zero-order valence-electron chi connectivity index (χ0n) is 12.7. The van der Waals surface area contributed by atoms with E-state index in [1.807, 2.05) is 19.1 Å². The largest absolute Gasteiger partial charge is 0.325 e. The summed E-state index contributed by atoms with van der Waals surface area (Å²) in [4.78, 5) is 12.2. The molecule has 0 bridgehead atoms. The molecule has 0 aliphatic carbocycles. The van der Waals surface area contributed by atoms with Crippen LogP contribution in [-0.4, -0.2) is 11.2 Å². The number of nitriles is 1. The molecular formula is C18H18N2OS. The van der Waals surface area contributed by atoms with Crippen LogP contribution in [0.5, 0.6) is 0 Å². The third kappa shape index (κ3) is 4.37. The van der Waals surface area contributed by atoms with Crippen LogP contribution in [-0.2, 0) is 10.5 Å². The Labute approximate surface area is 135 Å². The van der Waals surface area contributed by atoms with Crippen molar-refractivity contribution in [1.29, 1.82) is 5.26 Å². The van der Waals surface area contributed by atoms with E-state index in [2.05, 4.69) is 30.4 Å². The highest BCUT2D eigenvalue weighted by Gasteiger charge is 2.14. The average molecular weight is 310 g/mol. The van der Waals surface area contributed by atoms with Crippen molar-refractivity contribution in [3.63, 3.8) is 0 Å². The van der Waals surface area contributed by atoms with Crippen molar-refractivity contribution in [2.24, 2.45) is 0 Å². The molecule has 22 heavy (non-hydrogen) atoms. The minimum absolute atomic E-state index is 0.0475. The second-order valence-corrected chi connectivity index (χ2v) is 6.39. The number of amides is 1. The molecular weight excluding hydrogens is 292 g/mol. The van der Waals surface area contributed by atoms with Gasteiger partial charge in [-0.3, -0.25) is 4.79 Å². The van der Waals surface area contributed by atoms with Gasteiger partial charge in [-0.15, -0.1) is 11.8 Å². The molecule has 0 saturated carbocycles. The van der Waals surface area contributed by atoms with Crippen molar-refractivity contribution >= 4 is 23.4 Å². The van der Waals surface area contributed by atoms with E-state index in [9.17, 15) is 4.79 Å². The smallest absolute Gasteiger partial charge is 0.237 e. The quantitative estimate of drug-likeness (QED) is 0.903. The Morgan fingerprint density at radius 1 is 1.27 bits per heavy atom. The molecule has 2 rings (SSSR count). The Balaban J connectivity index is 1.92. The number of thioether (sulfide) groups is 1. The predicted octanol–water partition coefficient (Wildman–Crippen LogP) is 4.13. The normalized spacial score (nSPS) is 11.5. The van der Waals surface area contributed by atoms with Gasteiger partial charge in [-0.2, -0.15) is 5.26 Å². The number of hydrogen-bond donors (Lipinski definition) is 1. The van der Waals surface area contributed by atoms with Gasteiger partial charge in [0.15, 0.2) is 0 Å². The molecule has 0 aliphatic heterocycles. The zero-order valence-corrected chi connectivity index (χ0v) is 13.5. The maximum Gasteiger partial charge on any atom is 0.237 e. The van der Waals surface area contributed by atoms with Crippen LogP contribution in [0.1, 0.15) is 23.6 Å². The number of rotatable bonds is 5. The van der Waals surface area contributed by atoms with Crippen LogP contribution >= 0.6 is 11.8 Å². The van der Waals surface area contributed by atoms with Gasteiger partial charge < -0.3 is 5.32 Å². The average Bonchev–Trinajstić information content (AvgIpc) is 2.54. The summed E-state index contributed by atoms with van der Waals surface area (Å²) in [5.74, 6) is 0.758. The fourth-order valence-corrected chi connectivity index (χ4v) is 2.94. The number of benzene rings is 2. The molecule has 0 spiro atoms. The number of hydrogen-bond acceptors (Lipinski definition) is 3. The summed E-state index contributed by atoms with van der Waals surface area (Å²) in [5.41, 5.74) is 3.69. The highest BCUT2D eigenvalue weighted by Crippen LogP contribution is 2.21. The monoisotopic (exact) mass is 310 g/mol. The number of carbonyl (C=O) groups is 1. The molecule has 0 heterocycles. The second kappa shape index (κ2) is 7.67. The summed E-state index contributed by atoms with van der Waals surface area (Å²) in [6, 6.07) is 17.2. The Morgan fingerprint density at radius 3 is 2.77 bits per heavy atom. The van der Waals surface area contributed by atoms with Crippen molar-refractivity contribution in [2.45, 2.75) is 24.9 Å². The van der Waals surface area contributed by atoms with Crippen molar-refractivity contribution in [1.82, 2.24) is 0 Å². The summed E-state index contributed by atoms with van der Waals surface area (Å²) in [6.45, 7) is 3.97. The lowest BCUT2D eigenvalue weighted by Gasteiger charge is -2.13. The minimum atomic E-state index is -0.162. The number of nitrogens with one attached hydrogen (secondary N) is 1. The van der Waals surface area contributed by atoms with Crippen LogP contribution in [0.4, 0.5) is 5.69 Å². The lowest BCUT2D eigenvalue weighted by atomic mass is 10.1. The molecule has 4 heteroatoms. The fourth-order valence-electron chi connectivity index (χ4n) is 1.97. The summed E-state index contributed by atoms with van der Waals surface area (Å²) in [5, 5.41) is 11.6. The van der Waals surface area contributed by atoms with Gasteiger partial charge >= 0.3 is 0 Å². The summed E-state index contributed by atoms with van der Waals surface area (Å²) in [6.07, 6.45) is 0. The van der Waals surface area contributed by atoms with E-state index in [1.165, 1.54) is 11.1 Å². The SMILES string of the molecule is Cc1ccccc1CSC(C)C(=O)Nc1cccc(C#N)c1. The molecule has 0 aliphatic rings. The molecule has 0 fully saturated rings. The van der Waals surface area contributed by atoms with E-state index < -0.39 is 0 Å². The van der Waals surface area contributed by atoms with Gasteiger partial charge in [0.1, 0.15) is 0 Å². The first-order chi connectivity index (χ1) is 10.6. The third-order valence-corrected chi connectivity index (χ3v) is 4.57. The molecule has 1 unspecified atom stereocenters. The van der Waals surface area contributed by atoms with Crippen molar-refractivity contribution in [2.75, 3.05) is 5.32 Å². The molecule has 2 aromatic rings. The fraction of sp³-hybridized carbons (Fsp3) is 0.222. The van der Waals surface area contributed by atoms with E-state index in [1.54, 1.807) is 36.0 Å². The zero-order chi connectivity index (χ0) is 15.9. The van der Waals surface area contributed by atoms with Crippen LogP contribution in [0.2, 0.25) is 0 Å².